The van der Waals surface area contributed by atoms with E-state index >= 15 is 0 Å². The van der Waals surface area contributed by atoms with Gasteiger partial charge in [0, 0.05) is 19.0 Å². The maximum Gasteiger partial charge on any atom is 0.273 e. The highest BCUT2D eigenvalue weighted by Gasteiger charge is 2.38. The van der Waals surface area contributed by atoms with Crippen LogP contribution in [0.2, 0.25) is 0 Å². The lowest BCUT2D eigenvalue weighted by Crippen LogP contribution is -2.43. The van der Waals surface area contributed by atoms with Gasteiger partial charge in [-0.25, -0.2) is 9.37 Å². The molecule has 1 aliphatic heterocycles. The quantitative estimate of drug-likeness (QED) is 0.871. The summed E-state index contributed by atoms with van der Waals surface area (Å²) in [5.74, 6) is -1.00. The van der Waals surface area contributed by atoms with Crippen LogP contribution in [0, 0.1) is 5.82 Å². The molecule has 7 heteroatoms. The largest absolute Gasteiger partial charge is 0.328 e. The molecule has 0 spiro atoms. The number of anilines is 1. The van der Waals surface area contributed by atoms with Crippen molar-refractivity contribution in [2.24, 2.45) is 0 Å². The van der Waals surface area contributed by atoms with Crippen molar-refractivity contribution in [1.82, 2.24) is 9.88 Å². The number of carbonyl (C=O) groups is 2. The first-order valence-electron chi connectivity index (χ1n) is 6.81. The minimum absolute atomic E-state index is 0.254. The second-order valence-electron chi connectivity index (χ2n) is 5.04. The number of para-hydroxylation sites is 1. The number of likely N-dealkylation sites (N-methyl/N-ethyl adjacent to an activating group) is 1. The van der Waals surface area contributed by atoms with Crippen molar-refractivity contribution in [3.05, 3.63) is 46.7 Å². The van der Waals surface area contributed by atoms with E-state index in [2.05, 4.69) is 4.98 Å². The molecule has 1 aromatic heterocycles. The molecule has 2 amide bonds. The zero-order valence-electron chi connectivity index (χ0n) is 11.9. The molecule has 0 unspecified atom stereocenters. The molecule has 1 aliphatic rings. The molecule has 1 atom stereocenters. The standard InChI is InChI=1S/C15H14FN3O2S/c1-18(14(20)11-8-22-9-17-11)13-6-7-19(15(13)21)12-5-3-2-4-10(12)16/h2-5,8-9,13H,6-7H2,1H3/t13-/m1/s1. The van der Waals surface area contributed by atoms with Gasteiger partial charge in [-0.1, -0.05) is 12.1 Å². The summed E-state index contributed by atoms with van der Waals surface area (Å²) in [6, 6.07) is 5.56. The SMILES string of the molecule is CN(C(=O)c1cscn1)[C@@H]1CCN(c2ccccc2F)C1=O. The first-order chi connectivity index (χ1) is 10.6. The van der Waals surface area contributed by atoms with Gasteiger partial charge in [0.2, 0.25) is 5.91 Å². The third kappa shape index (κ3) is 2.48. The number of carbonyl (C=O) groups excluding carboxylic acids is 2. The van der Waals surface area contributed by atoms with Crippen molar-refractivity contribution in [3.8, 4) is 0 Å². The second-order valence-corrected chi connectivity index (χ2v) is 5.75. The van der Waals surface area contributed by atoms with Crippen LogP contribution in [0.25, 0.3) is 0 Å². The molecular weight excluding hydrogens is 305 g/mol. The summed E-state index contributed by atoms with van der Waals surface area (Å²) in [4.78, 5) is 31.5. The topological polar surface area (TPSA) is 53.5 Å². The summed E-state index contributed by atoms with van der Waals surface area (Å²) < 4.78 is 13.8. The van der Waals surface area contributed by atoms with Gasteiger partial charge < -0.3 is 9.80 Å². The smallest absolute Gasteiger partial charge is 0.273 e. The van der Waals surface area contributed by atoms with Crippen molar-refractivity contribution < 1.29 is 14.0 Å². The Bertz CT molecular complexity index is 705. The van der Waals surface area contributed by atoms with Gasteiger partial charge in [-0.3, -0.25) is 9.59 Å². The van der Waals surface area contributed by atoms with Crippen LogP contribution < -0.4 is 4.90 Å². The first-order valence-corrected chi connectivity index (χ1v) is 7.75. The maximum atomic E-state index is 13.8. The molecule has 3 rings (SSSR count). The minimum atomic E-state index is -0.589. The lowest BCUT2D eigenvalue weighted by atomic mass is 10.2. The van der Waals surface area contributed by atoms with Crippen molar-refractivity contribution in [2.75, 3.05) is 18.5 Å². The number of hydrogen-bond donors (Lipinski definition) is 0. The summed E-state index contributed by atoms with van der Waals surface area (Å²) in [5, 5.41) is 1.65. The van der Waals surface area contributed by atoms with Crippen LogP contribution in [0.3, 0.4) is 0 Å². The molecule has 22 heavy (non-hydrogen) atoms. The van der Waals surface area contributed by atoms with Crippen molar-refractivity contribution in [2.45, 2.75) is 12.5 Å². The molecule has 0 N–H and O–H groups in total. The van der Waals surface area contributed by atoms with Crippen LogP contribution in [0.5, 0.6) is 0 Å². The molecule has 2 heterocycles. The predicted molar refractivity (Wildman–Crippen MR) is 81.4 cm³/mol. The summed E-state index contributed by atoms with van der Waals surface area (Å²) in [6.07, 6.45) is 0.472. The average molecular weight is 319 g/mol. The van der Waals surface area contributed by atoms with Gasteiger partial charge in [0.25, 0.3) is 5.91 Å². The zero-order valence-corrected chi connectivity index (χ0v) is 12.7. The third-order valence-corrected chi connectivity index (χ3v) is 4.35. The number of halogens is 1. The monoisotopic (exact) mass is 319 g/mol. The molecule has 1 fully saturated rings. The number of rotatable bonds is 3. The molecule has 0 saturated carbocycles. The van der Waals surface area contributed by atoms with Gasteiger partial charge in [0.15, 0.2) is 0 Å². The number of nitrogens with zero attached hydrogens (tertiary/aromatic N) is 3. The number of benzene rings is 1. The Hall–Kier alpha value is -2.28. The molecule has 2 aromatic rings. The lowest BCUT2D eigenvalue weighted by molar-refractivity contribution is -0.120. The van der Waals surface area contributed by atoms with E-state index in [4.69, 9.17) is 0 Å². The molecule has 0 bridgehead atoms. The summed E-state index contributed by atoms with van der Waals surface area (Å²) >= 11 is 1.32. The number of aromatic nitrogens is 1. The van der Waals surface area contributed by atoms with Crippen LogP contribution in [0.1, 0.15) is 16.9 Å². The Morgan fingerprint density at radius 1 is 1.45 bits per heavy atom. The van der Waals surface area contributed by atoms with E-state index in [9.17, 15) is 14.0 Å². The van der Waals surface area contributed by atoms with Crippen molar-refractivity contribution >= 4 is 28.8 Å². The number of hydrogen-bond acceptors (Lipinski definition) is 4. The highest BCUT2D eigenvalue weighted by molar-refractivity contribution is 7.07. The van der Waals surface area contributed by atoms with Gasteiger partial charge in [0.1, 0.15) is 17.6 Å². The predicted octanol–water partition coefficient (Wildman–Crippen LogP) is 2.16. The van der Waals surface area contributed by atoms with Gasteiger partial charge in [-0.05, 0) is 18.6 Å². The van der Waals surface area contributed by atoms with E-state index in [0.29, 0.717) is 18.7 Å². The fourth-order valence-corrected chi connectivity index (χ4v) is 3.10. The van der Waals surface area contributed by atoms with Gasteiger partial charge in [-0.15, -0.1) is 11.3 Å². The first kappa shape index (κ1) is 14.6. The molecule has 0 radical (unpaired) electrons. The van der Waals surface area contributed by atoms with Crippen LogP contribution in [0.15, 0.2) is 35.2 Å². The summed E-state index contributed by atoms with van der Waals surface area (Å²) in [6.45, 7) is 0.388. The molecule has 1 aromatic carbocycles. The van der Waals surface area contributed by atoms with Crippen molar-refractivity contribution in [3.63, 3.8) is 0 Å². The molecule has 0 aliphatic carbocycles. The van der Waals surface area contributed by atoms with Crippen LogP contribution in [0.4, 0.5) is 10.1 Å². The Morgan fingerprint density at radius 3 is 2.91 bits per heavy atom. The Labute approximate surface area is 131 Å². The number of amides is 2. The molecule has 114 valence electrons. The second kappa shape index (κ2) is 5.84. The van der Waals surface area contributed by atoms with Gasteiger partial charge in [-0.2, -0.15) is 0 Å². The molecule has 5 nitrogen and oxygen atoms in total. The lowest BCUT2D eigenvalue weighted by Gasteiger charge is -2.23. The highest BCUT2D eigenvalue weighted by Crippen LogP contribution is 2.26. The fourth-order valence-electron chi connectivity index (χ4n) is 2.57. The Kier molecular flexibility index (Phi) is 3.89. The Balaban J connectivity index is 1.79. The highest BCUT2D eigenvalue weighted by atomic mass is 32.1. The van der Waals surface area contributed by atoms with E-state index in [1.165, 1.54) is 27.2 Å². The summed E-state index contributed by atoms with van der Waals surface area (Å²) in [5.41, 5.74) is 2.15. The van der Waals surface area contributed by atoms with E-state index in [-0.39, 0.29) is 17.5 Å². The average Bonchev–Trinajstić information content (AvgIpc) is 3.16. The Morgan fingerprint density at radius 2 is 2.23 bits per heavy atom. The molecular formula is C15H14FN3O2S. The zero-order chi connectivity index (χ0) is 15.7. The normalized spacial score (nSPS) is 17.8. The van der Waals surface area contributed by atoms with Crippen molar-refractivity contribution in [1.29, 1.82) is 0 Å². The third-order valence-electron chi connectivity index (χ3n) is 3.76. The van der Waals surface area contributed by atoms with Crippen LogP contribution >= 0.6 is 11.3 Å². The van der Waals surface area contributed by atoms with Crippen LogP contribution in [-0.4, -0.2) is 41.3 Å². The minimum Gasteiger partial charge on any atom is -0.328 e. The number of thiazole rings is 1. The maximum absolute atomic E-state index is 13.8. The van der Waals surface area contributed by atoms with Gasteiger partial charge in [0.05, 0.1) is 11.2 Å². The fraction of sp³-hybridized carbons (Fsp3) is 0.267. The van der Waals surface area contributed by atoms with E-state index in [0.717, 1.165) is 0 Å². The van der Waals surface area contributed by atoms with E-state index < -0.39 is 11.9 Å². The van der Waals surface area contributed by atoms with E-state index in [1.54, 1.807) is 36.1 Å². The summed E-state index contributed by atoms with van der Waals surface area (Å²) in [7, 11) is 1.58. The van der Waals surface area contributed by atoms with Crippen LogP contribution in [-0.2, 0) is 4.79 Å². The molecule has 1 saturated heterocycles. The van der Waals surface area contributed by atoms with E-state index in [1.807, 2.05) is 0 Å². The van der Waals surface area contributed by atoms with Gasteiger partial charge >= 0.3 is 0 Å².